The number of hydrogen-bond acceptors (Lipinski definition) is 7. The molecule has 0 bridgehead atoms. The molecule has 8 nitrogen and oxygen atoms in total. The maximum atomic E-state index is 12.5. The van der Waals surface area contributed by atoms with Gasteiger partial charge in [0, 0.05) is 12.2 Å². The molecule has 2 heterocycles. The van der Waals surface area contributed by atoms with Gasteiger partial charge >= 0.3 is 0 Å². The Morgan fingerprint density at radius 2 is 2.11 bits per heavy atom. The third kappa shape index (κ3) is 4.61. The van der Waals surface area contributed by atoms with Crippen molar-refractivity contribution in [2.75, 3.05) is 5.32 Å². The van der Waals surface area contributed by atoms with Gasteiger partial charge in [0.1, 0.15) is 0 Å². The Kier molecular flexibility index (Phi) is 6.18. The predicted octanol–water partition coefficient (Wildman–Crippen LogP) is 2.79. The first-order valence-electron chi connectivity index (χ1n) is 8.37. The van der Waals surface area contributed by atoms with E-state index in [0.29, 0.717) is 17.4 Å². The van der Waals surface area contributed by atoms with E-state index in [1.54, 1.807) is 24.3 Å². The van der Waals surface area contributed by atoms with Gasteiger partial charge < -0.3 is 9.88 Å². The highest BCUT2D eigenvalue weighted by Gasteiger charge is 2.21. The van der Waals surface area contributed by atoms with E-state index in [2.05, 4.69) is 15.5 Å². The molecule has 0 aliphatic rings. The van der Waals surface area contributed by atoms with Crippen LogP contribution < -0.4 is 10.5 Å². The van der Waals surface area contributed by atoms with Crippen molar-refractivity contribution in [3.8, 4) is 10.7 Å². The normalized spacial score (nSPS) is 12.7. The van der Waals surface area contributed by atoms with E-state index in [-0.39, 0.29) is 10.8 Å². The second kappa shape index (κ2) is 8.43. The maximum absolute atomic E-state index is 12.5. The largest absolute Gasteiger partial charge is 0.325 e. The summed E-state index contributed by atoms with van der Waals surface area (Å²) in [5.74, 6) is 0.494. The zero-order valence-corrected chi connectivity index (χ0v) is 17.6. The van der Waals surface area contributed by atoms with Gasteiger partial charge in [-0.2, -0.15) is 0 Å². The van der Waals surface area contributed by atoms with Gasteiger partial charge in [0.05, 0.1) is 15.0 Å². The summed E-state index contributed by atoms with van der Waals surface area (Å²) in [4.78, 5) is 13.5. The molecule has 0 aliphatic heterocycles. The number of thioether (sulfide) groups is 1. The molecule has 2 aromatic heterocycles. The van der Waals surface area contributed by atoms with Crippen LogP contribution in [0.2, 0.25) is 0 Å². The summed E-state index contributed by atoms with van der Waals surface area (Å²) >= 11 is 2.87. The number of benzene rings is 1. The molecule has 148 valence electrons. The van der Waals surface area contributed by atoms with Crippen LogP contribution in [0, 0.1) is 0 Å². The number of nitrogens with one attached hydrogen (secondary N) is 1. The lowest BCUT2D eigenvalue weighted by Crippen LogP contribution is -2.23. The molecule has 3 rings (SSSR count). The first-order chi connectivity index (χ1) is 13.3. The highest BCUT2D eigenvalue weighted by Crippen LogP contribution is 2.29. The fraction of sp³-hybridized carbons (Fsp3) is 0.235. The summed E-state index contributed by atoms with van der Waals surface area (Å²) < 4.78 is 24.9. The van der Waals surface area contributed by atoms with Crippen molar-refractivity contribution in [3.63, 3.8) is 0 Å². The minimum atomic E-state index is -3.83. The van der Waals surface area contributed by atoms with Crippen LogP contribution in [0.25, 0.3) is 10.7 Å². The van der Waals surface area contributed by atoms with Gasteiger partial charge in [-0.25, -0.2) is 13.6 Å². The van der Waals surface area contributed by atoms with E-state index in [1.165, 1.54) is 30.0 Å². The van der Waals surface area contributed by atoms with Crippen LogP contribution >= 0.6 is 23.1 Å². The molecule has 28 heavy (non-hydrogen) atoms. The minimum Gasteiger partial charge on any atom is -0.325 e. The summed E-state index contributed by atoms with van der Waals surface area (Å²) in [6.45, 7) is 4.42. The Hall–Kier alpha value is -2.21. The lowest BCUT2D eigenvalue weighted by molar-refractivity contribution is -0.115. The van der Waals surface area contributed by atoms with Crippen molar-refractivity contribution in [2.45, 2.75) is 35.7 Å². The first kappa shape index (κ1) is 20.5. The molecular weight excluding hydrogens is 418 g/mol. The molecule has 1 unspecified atom stereocenters. The number of primary sulfonamides is 1. The van der Waals surface area contributed by atoms with Crippen LogP contribution in [0.4, 0.5) is 5.69 Å². The number of sulfonamides is 1. The van der Waals surface area contributed by atoms with Gasteiger partial charge in [-0.3, -0.25) is 4.79 Å². The predicted molar refractivity (Wildman–Crippen MR) is 111 cm³/mol. The standard InChI is InChI=1S/C17H19N5O3S3/c1-3-22-15(14-8-5-9-26-14)20-21-17(22)27-11(2)16(23)19-12-6-4-7-13(10-12)28(18,24)25/h4-11H,3H2,1-2H3,(H,19,23)(H2,18,24,25). The summed E-state index contributed by atoms with van der Waals surface area (Å²) in [7, 11) is -3.83. The zero-order chi connectivity index (χ0) is 20.3. The maximum Gasteiger partial charge on any atom is 0.238 e. The van der Waals surface area contributed by atoms with E-state index in [0.717, 1.165) is 10.7 Å². The molecular formula is C17H19N5O3S3. The molecule has 3 aromatic rings. The zero-order valence-electron chi connectivity index (χ0n) is 15.2. The summed E-state index contributed by atoms with van der Waals surface area (Å²) in [5, 5.41) is 18.5. The molecule has 0 aliphatic carbocycles. The Bertz CT molecular complexity index is 1080. The number of carbonyl (C=O) groups excluding carboxylic acids is 1. The number of amides is 1. The molecule has 1 amide bonds. The van der Waals surface area contributed by atoms with Crippen LogP contribution in [-0.2, 0) is 21.4 Å². The van der Waals surface area contributed by atoms with Gasteiger partial charge in [0.25, 0.3) is 0 Å². The average Bonchev–Trinajstić information content (AvgIpc) is 3.30. The highest BCUT2D eigenvalue weighted by atomic mass is 32.2. The fourth-order valence-electron chi connectivity index (χ4n) is 2.46. The number of rotatable bonds is 7. The number of thiophene rings is 1. The van der Waals surface area contributed by atoms with Gasteiger partial charge in [-0.1, -0.05) is 23.9 Å². The van der Waals surface area contributed by atoms with Crippen molar-refractivity contribution in [3.05, 3.63) is 41.8 Å². The van der Waals surface area contributed by atoms with E-state index in [1.807, 2.05) is 29.0 Å². The van der Waals surface area contributed by atoms with Crippen molar-refractivity contribution >= 4 is 44.7 Å². The molecule has 0 saturated heterocycles. The Morgan fingerprint density at radius 1 is 1.32 bits per heavy atom. The van der Waals surface area contributed by atoms with E-state index >= 15 is 0 Å². The molecule has 0 radical (unpaired) electrons. The van der Waals surface area contributed by atoms with Crippen molar-refractivity contribution in [2.24, 2.45) is 5.14 Å². The Labute approximate surface area is 171 Å². The quantitative estimate of drug-likeness (QED) is 0.549. The van der Waals surface area contributed by atoms with Gasteiger partial charge in [-0.05, 0) is 43.5 Å². The summed E-state index contributed by atoms with van der Waals surface area (Å²) in [6.07, 6.45) is 0. The van der Waals surface area contributed by atoms with E-state index in [4.69, 9.17) is 5.14 Å². The number of carbonyl (C=O) groups is 1. The fourth-order valence-corrected chi connectivity index (χ4v) is 4.65. The Balaban J connectivity index is 1.73. The molecule has 0 fully saturated rings. The van der Waals surface area contributed by atoms with Crippen LogP contribution in [-0.4, -0.2) is 34.3 Å². The van der Waals surface area contributed by atoms with E-state index < -0.39 is 15.3 Å². The third-order valence-electron chi connectivity index (χ3n) is 3.86. The molecule has 0 saturated carbocycles. The third-order valence-corrected chi connectivity index (χ3v) is 6.71. The number of hydrogen-bond donors (Lipinski definition) is 2. The summed E-state index contributed by atoms with van der Waals surface area (Å²) in [5.41, 5.74) is 0.361. The number of nitrogens with two attached hydrogens (primary N) is 1. The first-order valence-corrected chi connectivity index (χ1v) is 11.7. The average molecular weight is 438 g/mol. The summed E-state index contributed by atoms with van der Waals surface area (Å²) in [6, 6.07) is 9.76. The van der Waals surface area contributed by atoms with Crippen molar-refractivity contribution < 1.29 is 13.2 Å². The highest BCUT2D eigenvalue weighted by molar-refractivity contribution is 8.00. The molecule has 1 atom stereocenters. The molecule has 11 heteroatoms. The number of anilines is 1. The lowest BCUT2D eigenvalue weighted by Gasteiger charge is -2.13. The molecule has 0 spiro atoms. The van der Waals surface area contributed by atoms with Crippen LogP contribution in [0.1, 0.15) is 13.8 Å². The van der Waals surface area contributed by atoms with Gasteiger partial charge in [0.2, 0.25) is 15.9 Å². The SMILES string of the molecule is CCn1c(SC(C)C(=O)Nc2cccc(S(N)(=O)=O)c2)nnc1-c1cccs1. The van der Waals surface area contributed by atoms with Crippen LogP contribution in [0.15, 0.2) is 51.8 Å². The van der Waals surface area contributed by atoms with E-state index in [9.17, 15) is 13.2 Å². The smallest absolute Gasteiger partial charge is 0.238 e. The number of nitrogens with zero attached hydrogens (tertiary/aromatic N) is 3. The number of aromatic nitrogens is 3. The van der Waals surface area contributed by atoms with Gasteiger partial charge in [0.15, 0.2) is 11.0 Å². The van der Waals surface area contributed by atoms with Crippen LogP contribution in [0.3, 0.4) is 0 Å². The van der Waals surface area contributed by atoms with Gasteiger partial charge in [-0.15, -0.1) is 21.5 Å². The van der Waals surface area contributed by atoms with Crippen LogP contribution in [0.5, 0.6) is 0 Å². The second-order valence-corrected chi connectivity index (χ2v) is 9.67. The second-order valence-electron chi connectivity index (χ2n) is 5.85. The monoisotopic (exact) mass is 437 g/mol. The topological polar surface area (TPSA) is 120 Å². The lowest BCUT2D eigenvalue weighted by atomic mass is 10.3. The minimum absolute atomic E-state index is 0.0584. The molecule has 3 N–H and O–H groups in total. The molecule has 1 aromatic carbocycles. The van der Waals surface area contributed by atoms with Crippen molar-refractivity contribution in [1.29, 1.82) is 0 Å². The van der Waals surface area contributed by atoms with Crippen molar-refractivity contribution in [1.82, 2.24) is 14.8 Å². The Morgan fingerprint density at radius 3 is 2.75 bits per heavy atom.